The molecule has 1 saturated heterocycles. The van der Waals surface area contributed by atoms with Crippen LogP contribution in [0.4, 0.5) is 35.0 Å². The maximum Gasteiger partial charge on any atom is 0.419 e. The number of nitrogens with one attached hydrogen (secondary N) is 2. The molecule has 2 aromatic carbocycles. The fourth-order valence-electron chi connectivity index (χ4n) is 5.60. The molecule has 12 heteroatoms. The normalized spacial score (nSPS) is 17.3. The van der Waals surface area contributed by atoms with Crippen LogP contribution in [-0.4, -0.2) is 48.5 Å². The van der Waals surface area contributed by atoms with Gasteiger partial charge in [0.05, 0.1) is 28.0 Å². The molecule has 218 valence electrons. The molecule has 0 saturated carbocycles. The summed E-state index contributed by atoms with van der Waals surface area (Å²) in [5.74, 6) is 0.00401. The Morgan fingerprint density at radius 3 is 2.76 bits per heavy atom. The number of nitrogens with zero attached hydrogens (tertiary/aromatic N) is 3. The van der Waals surface area contributed by atoms with Gasteiger partial charge in [-0.15, -0.1) is 11.3 Å². The van der Waals surface area contributed by atoms with E-state index in [0.29, 0.717) is 50.2 Å². The summed E-state index contributed by atoms with van der Waals surface area (Å²) in [7, 11) is 2.08. The summed E-state index contributed by atoms with van der Waals surface area (Å²) in [4.78, 5) is 35.9. The smallest absolute Gasteiger partial charge is 0.419 e. The second kappa shape index (κ2) is 10.9. The summed E-state index contributed by atoms with van der Waals surface area (Å²) in [5.41, 5.74) is 1.23. The zero-order valence-corrected chi connectivity index (χ0v) is 23.7. The van der Waals surface area contributed by atoms with Crippen LogP contribution in [0.1, 0.15) is 33.6 Å². The molecular weight excluding hydrogens is 567 g/mol. The van der Waals surface area contributed by atoms with Crippen molar-refractivity contribution < 1.29 is 27.5 Å². The topological polar surface area (TPSA) is 86.8 Å². The van der Waals surface area contributed by atoms with Crippen molar-refractivity contribution >= 4 is 50.6 Å². The highest BCUT2D eigenvalue weighted by atomic mass is 32.1. The van der Waals surface area contributed by atoms with Gasteiger partial charge in [-0.1, -0.05) is 12.1 Å². The van der Waals surface area contributed by atoms with Gasteiger partial charge in [0, 0.05) is 19.3 Å². The monoisotopic (exact) mass is 595 g/mol. The average Bonchev–Trinajstić information content (AvgIpc) is 3.32. The third-order valence-corrected chi connectivity index (χ3v) is 8.65. The number of benzene rings is 2. The number of carbonyl (C=O) groups excluding carboxylic acids is 2. The van der Waals surface area contributed by atoms with Gasteiger partial charge in [-0.3, -0.25) is 9.69 Å². The van der Waals surface area contributed by atoms with E-state index in [2.05, 4.69) is 27.6 Å². The van der Waals surface area contributed by atoms with Crippen LogP contribution in [0.5, 0.6) is 11.5 Å². The molecule has 8 nitrogen and oxygen atoms in total. The van der Waals surface area contributed by atoms with Crippen molar-refractivity contribution in [2.45, 2.75) is 25.9 Å². The molecular formula is C30H28F3N5O3S. The minimum atomic E-state index is -4.56. The van der Waals surface area contributed by atoms with E-state index in [1.165, 1.54) is 40.5 Å². The Morgan fingerprint density at radius 2 is 2.00 bits per heavy atom. The number of anilines is 3. The highest BCUT2D eigenvalue weighted by molar-refractivity contribution is 7.21. The van der Waals surface area contributed by atoms with Crippen LogP contribution in [0.25, 0.3) is 10.2 Å². The number of likely N-dealkylation sites (tertiary alicyclic amines) is 1. The maximum atomic E-state index is 13.5. The van der Waals surface area contributed by atoms with Crippen molar-refractivity contribution in [3.63, 3.8) is 0 Å². The molecule has 1 atom stereocenters. The number of pyridine rings is 1. The Bertz CT molecular complexity index is 1690. The molecule has 2 aromatic heterocycles. The Morgan fingerprint density at radius 1 is 1.19 bits per heavy atom. The number of hydrogen-bond acceptors (Lipinski definition) is 6. The SMILES string of the molecule is Cc1cc(Oc2ccccc2C(F)(F)F)ccc1N1C(=O)Nc2c(C(=O)NCC3CCCN(C)C3)sc3nccc1c23. The standard InChI is InChI=1S/C30H28F3N5O3S/c1-17-14-19(41-23-8-4-3-7-20(23)30(31,32)33)9-10-21(17)38-22-11-12-34-28-24(22)25(36-29(38)40)26(42-28)27(39)35-15-18-6-5-13-37(2)16-18/h3-4,7-12,14,18H,5-6,13,15-16H2,1-2H3,(H,35,39)(H,36,40). The first kappa shape index (κ1) is 28.0. The summed E-state index contributed by atoms with van der Waals surface area (Å²) in [6.45, 7) is 4.28. The van der Waals surface area contributed by atoms with Gasteiger partial charge in [-0.25, -0.2) is 9.78 Å². The van der Waals surface area contributed by atoms with Crippen molar-refractivity contribution in [2.75, 3.05) is 36.9 Å². The predicted octanol–water partition coefficient (Wildman–Crippen LogP) is 7.17. The van der Waals surface area contributed by atoms with Crippen LogP contribution < -0.4 is 20.3 Å². The molecule has 2 N–H and O–H groups in total. The van der Waals surface area contributed by atoms with Crippen LogP contribution in [0.15, 0.2) is 54.7 Å². The van der Waals surface area contributed by atoms with Crippen LogP contribution in [0, 0.1) is 12.8 Å². The van der Waals surface area contributed by atoms with Crippen LogP contribution in [0.2, 0.25) is 0 Å². The molecule has 0 aliphatic carbocycles. The van der Waals surface area contributed by atoms with Gasteiger partial charge < -0.3 is 20.3 Å². The van der Waals surface area contributed by atoms with Crippen molar-refractivity contribution in [2.24, 2.45) is 5.92 Å². The quantitative estimate of drug-likeness (QED) is 0.247. The Labute approximate surface area is 244 Å². The van der Waals surface area contributed by atoms with Gasteiger partial charge in [0.15, 0.2) is 0 Å². The number of para-hydroxylation sites is 1. The van der Waals surface area contributed by atoms with Gasteiger partial charge in [0.2, 0.25) is 0 Å². The van der Waals surface area contributed by atoms with E-state index >= 15 is 0 Å². The van der Waals surface area contributed by atoms with E-state index in [4.69, 9.17) is 4.74 Å². The number of urea groups is 1. The number of aromatic nitrogens is 1. The predicted molar refractivity (Wildman–Crippen MR) is 156 cm³/mol. The number of thiophene rings is 1. The Hall–Kier alpha value is -4.16. The number of piperidine rings is 1. The van der Waals surface area contributed by atoms with Gasteiger partial charge in [-0.05, 0) is 81.2 Å². The first-order valence-electron chi connectivity index (χ1n) is 13.5. The van der Waals surface area contributed by atoms with Crippen molar-refractivity contribution in [3.05, 3.63) is 70.7 Å². The van der Waals surface area contributed by atoms with Crippen molar-refractivity contribution in [1.29, 1.82) is 0 Å². The molecule has 4 heterocycles. The van der Waals surface area contributed by atoms with Crippen LogP contribution in [0.3, 0.4) is 0 Å². The zero-order chi connectivity index (χ0) is 29.6. The highest BCUT2D eigenvalue weighted by Crippen LogP contribution is 2.47. The van der Waals surface area contributed by atoms with E-state index in [1.807, 2.05) is 0 Å². The average molecular weight is 596 g/mol. The molecule has 0 radical (unpaired) electrons. The first-order chi connectivity index (χ1) is 20.1. The van der Waals surface area contributed by atoms with E-state index in [9.17, 15) is 22.8 Å². The van der Waals surface area contributed by atoms with Crippen molar-refractivity contribution in [3.8, 4) is 11.5 Å². The molecule has 2 aliphatic heterocycles. The number of alkyl halides is 3. The van der Waals surface area contributed by atoms with Crippen LogP contribution >= 0.6 is 11.3 Å². The summed E-state index contributed by atoms with van der Waals surface area (Å²) in [6, 6.07) is 11.0. The second-order valence-electron chi connectivity index (χ2n) is 10.6. The number of rotatable bonds is 6. The molecule has 4 aromatic rings. The highest BCUT2D eigenvalue weighted by Gasteiger charge is 2.35. The van der Waals surface area contributed by atoms with Gasteiger partial charge in [0.25, 0.3) is 5.91 Å². The van der Waals surface area contributed by atoms with E-state index in [-0.39, 0.29) is 17.4 Å². The van der Waals surface area contributed by atoms with Gasteiger partial charge >= 0.3 is 12.2 Å². The fraction of sp³-hybridized carbons (Fsp3) is 0.300. The van der Waals surface area contributed by atoms with Crippen molar-refractivity contribution in [1.82, 2.24) is 15.2 Å². The van der Waals surface area contributed by atoms with Crippen LogP contribution in [-0.2, 0) is 6.18 Å². The number of aryl methyl sites for hydroxylation is 1. The molecule has 0 spiro atoms. The summed E-state index contributed by atoms with van der Waals surface area (Å²) in [6.07, 6.45) is -0.828. The third kappa shape index (κ3) is 5.27. The molecule has 0 bridgehead atoms. The van der Waals surface area contributed by atoms with E-state index < -0.39 is 17.8 Å². The third-order valence-electron chi connectivity index (χ3n) is 7.55. The maximum absolute atomic E-state index is 13.5. The lowest BCUT2D eigenvalue weighted by Gasteiger charge is -2.30. The molecule has 3 amide bonds. The molecule has 2 aliphatic rings. The number of halogens is 3. The number of carbonyl (C=O) groups is 2. The Balaban J connectivity index is 1.28. The number of amides is 3. The van der Waals surface area contributed by atoms with E-state index in [0.717, 1.165) is 32.0 Å². The Kier molecular flexibility index (Phi) is 7.27. The number of hydrogen-bond donors (Lipinski definition) is 2. The molecule has 42 heavy (non-hydrogen) atoms. The van der Waals surface area contributed by atoms with E-state index in [1.54, 1.807) is 31.3 Å². The lowest BCUT2D eigenvalue weighted by Crippen LogP contribution is -2.39. The minimum Gasteiger partial charge on any atom is -0.457 e. The van der Waals surface area contributed by atoms with Gasteiger partial charge in [0.1, 0.15) is 21.2 Å². The lowest BCUT2D eigenvalue weighted by atomic mass is 9.98. The molecule has 6 rings (SSSR count). The fourth-order valence-corrected chi connectivity index (χ4v) is 6.64. The first-order valence-corrected chi connectivity index (χ1v) is 14.4. The molecule has 1 fully saturated rings. The largest absolute Gasteiger partial charge is 0.457 e. The summed E-state index contributed by atoms with van der Waals surface area (Å²) in [5, 5.41) is 6.58. The molecule has 1 unspecified atom stereocenters. The summed E-state index contributed by atoms with van der Waals surface area (Å²) >= 11 is 1.22. The minimum absolute atomic E-state index is 0.199. The van der Waals surface area contributed by atoms with Gasteiger partial charge in [-0.2, -0.15) is 13.2 Å². The number of ether oxygens (including phenoxy) is 1. The second-order valence-corrected chi connectivity index (χ2v) is 11.6. The zero-order valence-electron chi connectivity index (χ0n) is 22.9. The summed E-state index contributed by atoms with van der Waals surface area (Å²) < 4.78 is 45.9. The lowest BCUT2D eigenvalue weighted by molar-refractivity contribution is -0.138.